The summed E-state index contributed by atoms with van der Waals surface area (Å²) in [5.41, 5.74) is 2.55. The zero-order valence-electron chi connectivity index (χ0n) is 10.2. The molecule has 0 spiro atoms. The Balaban J connectivity index is 2.24. The molecule has 2 nitrogen and oxygen atoms in total. The molecule has 1 aliphatic rings. The van der Waals surface area contributed by atoms with E-state index >= 15 is 0 Å². The summed E-state index contributed by atoms with van der Waals surface area (Å²) in [6.45, 7) is 10.3. The minimum Gasteiger partial charge on any atom is -0.314 e. The van der Waals surface area contributed by atoms with Crippen LogP contribution in [0.25, 0.3) is 0 Å². The van der Waals surface area contributed by atoms with E-state index in [0.717, 1.165) is 31.2 Å². The van der Waals surface area contributed by atoms with Crippen LogP contribution in [0.15, 0.2) is 30.9 Å². The Morgan fingerprint density at radius 3 is 2.71 bits per heavy atom. The molecule has 1 aromatic rings. The van der Waals surface area contributed by atoms with E-state index in [0.29, 0.717) is 6.04 Å². The molecule has 1 heterocycles. The first-order valence-corrected chi connectivity index (χ1v) is 6.43. The van der Waals surface area contributed by atoms with Gasteiger partial charge in [-0.25, -0.2) is 0 Å². The van der Waals surface area contributed by atoms with Crippen molar-refractivity contribution in [3.63, 3.8) is 0 Å². The van der Waals surface area contributed by atoms with Crippen LogP contribution in [0.4, 0.5) is 0 Å². The molecule has 17 heavy (non-hydrogen) atoms. The second kappa shape index (κ2) is 5.67. The van der Waals surface area contributed by atoms with Crippen LogP contribution in [-0.2, 0) is 0 Å². The van der Waals surface area contributed by atoms with Crippen LogP contribution in [0.3, 0.4) is 0 Å². The maximum atomic E-state index is 6.00. The molecule has 1 atom stereocenters. The summed E-state index contributed by atoms with van der Waals surface area (Å²) in [5.74, 6) is 0. The molecule has 92 valence electrons. The number of hydrogen-bond donors (Lipinski definition) is 1. The molecular weight excluding hydrogens is 232 g/mol. The highest BCUT2D eigenvalue weighted by Gasteiger charge is 2.20. The Labute approximate surface area is 108 Å². The summed E-state index contributed by atoms with van der Waals surface area (Å²) < 4.78 is 0. The van der Waals surface area contributed by atoms with E-state index < -0.39 is 0 Å². The van der Waals surface area contributed by atoms with E-state index in [4.69, 9.17) is 11.6 Å². The van der Waals surface area contributed by atoms with Crippen LogP contribution in [-0.4, -0.2) is 31.1 Å². The van der Waals surface area contributed by atoms with E-state index in [1.807, 2.05) is 18.2 Å². The first-order valence-electron chi connectivity index (χ1n) is 6.06. The smallest absolute Gasteiger partial charge is 0.0532 e. The third kappa shape index (κ3) is 2.89. The van der Waals surface area contributed by atoms with Gasteiger partial charge < -0.3 is 5.32 Å². The van der Waals surface area contributed by atoms with Crippen molar-refractivity contribution in [2.24, 2.45) is 0 Å². The van der Waals surface area contributed by atoms with Gasteiger partial charge in [-0.15, -0.1) is 6.58 Å². The highest BCUT2D eigenvalue weighted by Crippen LogP contribution is 2.27. The van der Waals surface area contributed by atoms with Crippen LogP contribution in [0, 0.1) is 6.92 Å². The number of aryl methyl sites for hydroxylation is 1. The van der Waals surface area contributed by atoms with Crippen molar-refractivity contribution in [1.29, 1.82) is 0 Å². The van der Waals surface area contributed by atoms with E-state index in [-0.39, 0.29) is 0 Å². The first-order chi connectivity index (χ1) is 8.22. The second-order valence-electron chi connectivity index (χ2n) is 4.47. The standard InChI is InChI=1S/C14H19ClN2/c1-3-14(17-8-6-16-7-9-17)13-5-4-12(15)10-11(13)2/h3-5,10,14,16H,1,6-9H2,2H3/t14-/m0/s1. The lowest BCUT2D eigenvalue weighted by atomic mass is 9.99. The SMILES string of the molecule is C=C[C@@H](c1ccc(Cl)cc1C)N1CCNCC1. The maximum Gasteiger partial charge on any atom is 0.0532 e. The van der Waals surface area contributed by atoms with Crippen molar-refractivity contribution in [2.45, 2.75) is 13.0 Å². The van der Waals surface area contributed by atoms with Crippen LogP contribution in [0.5, 0.6) is 0 Å². The summed E-state index contributed by atoms with van der Waals surface area (Å²) in [4.78, 5) is 2.46. The highest BCUT2D eigenvalue weighted by atomic mass is 35.5. The van der Waals surface area contributed by atoms with Crippen LogP contribution >= 0.6 is 11.6 Å². The van der Waals surface area contributed by atoms with Gasteiger partial charge in [0.05, 0.1) is 6.04 Å². The lowest BCUT2D eigenvalue weighted by molar-refractivity contribution is 0.203. The Bertz CT molecular complexity index is 397. The average Bonchev–Trinajstić information content (AvgIpc) is 2.34. The summed E-state index contributed by atoms with van der Waals surface area (Å²) >= 11 is 6.00. The fourth-order valence-corrected chi connectivity index (χ4v) is 2.63. The van der Waals surface area contributed by atoms with Gasteiger partial charge in [-0.2, -0.15) is 0 Å². The number of nitrogens with zero attached hydrogens (tertiary/aromatic N) is 1. The first kappa shape index (κ1) is 12.6. The Morgan fingerprint density at radius 2 is 2.12 bits per heavy atom. The fourth-order valence-electron chi connectivity index (χ4n) is 2.40. The number of benzene rings is 1. The normalized spacial score (nSPS) is 18.9. The Hall–Kier alpha value is -0.830. The fraction of sp³-hybridized carbons (Fsp3) is 0.429. The van der Waals surface area contributed by atoms with Crippen molar-refractivity contribution >= 4 is 11.6 Å². The number of hydrogen-bond acceptors (Lipinski definition) is 2. The zero-order chi connectivity index (χ0) is 12.3. The predicted octanol–water partition coefficient (Wildman–Crippen LogP) is 2.78. The molecule has 0 radical (unpaired) electrons. The number of halogens is 1. The monoisotopic (exact) mass is 250 g/mol. The number of nitrogens with one attached hydrogen (secondary N) is 1. The quantitative estimate of drug-likeness (QED) is 0.830. The minimum absolute atomic E-state index is 0.300. The van der Waals surface area contributed by atoms with Gasteiger partial charge in [0, 0.05) is 31.2 Å². The lowest BCUT2D eigenvalue weighted by Gasteiger charge is -2.34. The van der Waals surface area contributed by atoms with E-state index in [1.165, 1.54) is 11.1 Å². The molecule has 0 aliphatic carbocycles. The summed E-state index contributed by atoms with van der Waals surface area (Å²) in [7, 11) is 0. The van der Waals surface area contributed by atoms with Crippen molar-refractivity contribution in [3.05, 3.63) is 47.0 Å². The van der Waals surface area contributed by atoms with Crippen molar-refractivity contribution in [2.75, 3.05) is 26.2 Å². The second-order valence-corrected chi connectivity index (χ2v) is 4.90. The van der Waals surface area contributed by atoms with Gasteiger partial charge in [0.25, 0.3) is 0 Å². The summed E-state index contributed by atoms with van der Waals surface area (Å²) in [6, 6.07) is 6.40. The molecule has 0 unspecified atom stereocenters. The molecule has 0 aromatic heterocycles. The van der Waals surface area contributed by atoms with E-state index in [2.05, 4.69) is 29.8 Å². The maximum absolute atomic E-state index is 6.00. The summed E-state index contributed by atoms with van der Waals surface area (Å²) in [6.07, 6.45) is 2.03. The van der Waals surface area contributed by atoms with E-state index in [9.17, 15) is 0 Å². The van der Waals surface area contributed by atoms with Crippen molar-refractivity contribution in [3.8, 4) is 0 Å². The van der Waals surface area contributed by atoms with Gasteiger partial charge in [0.15, 0.2) is 0 Å². The molecule has 0 saturated carbocycles. The topological polar surface area (TPSA) is 15.3 Å². The van der Waals surface area contributed by atoms with Gasteiger partial charge in [0.2, 0.25) is 0 Å². The Morgan fingerprint density at radius 1 is 1.41 bits per heavy atom. The molecule has 1 aliphatic heterocycles. The van der Waals surface area contributed by atoms with Crippen LogP contribution < -0.4 is 5.32 Å². The van der Waals surface area contributed by atoms with Gasteiger partial charge >= 0.3 is 0 Å². The number of piperazine rings is 1. The third-order valence-electron chi connectivity index (χ3n) is 3.32. The molecule has 2 rings (SSSR count). The molecule has 0 amide bonds. The predicted molar refractivity (Wildman–Crippen MR) is 73.6 cm³/mol. The molecule has 1 N–H and O–H groups in total. The minimum atomic E-state index is 0.300. The van der Waals surface area contributed by atoms with E-state index in [1.54, 1.807) is 0 Å². The Kier molecular flexibility index (Phi) is 4.21. The lowest BCUT2D eigenvalue weighted by Crippen LogP contribution is -2.44. The largest absolute Gasteiger partial charge is 0.314 e. The highest BCUT2D eigenvalue weighted by molar-refractivity contribution is 6.30. The average molecular weight is 251 g/mol. The molecule has 1 aromatic carbocycles. The van der Waals surface area contributed by atoms with Gasteiger partial charge in [-0.3, -0.25) is 4.90 Å². The molecule has 3 heteroatoms. The summed E-state index contributed by atoms with van der Waals surface area (Å²) in [5, 5.41) is 4.17. The van der Waals surface area contributed by atoms with Gasteiger partial charge in [0.1, 0.15) is 0 Å². The van der Waals surface area contributed by atoms with Crippen molar-refractivity contribution < 1.29 is 0 Å². The number of rotatable bonds is 3. The van der Waals surface area contributed by atoms with Crippen LogP contribution in [0.2, 0.25) is 5.02 Å². The molecule has 1 fully saturated rings. The van der Waals surface area contributed by atoms with Gasteiger partial charge in [-0.1, -0.05) is 23.7 Å². The van der Waals surface area contributed by atoms with Crippen LogP contribution in [0.1, 0.15) is 17.2 Å². The molecule has 0 bridgehead atoms. The third-order valence-corrected chi connectivity index (χ3v) is 3.55. The van der Waals surface area contributed by atoms with Crippen molar-refractivity contribution in [1.82, 2.24) is 10.2 Å². The molecular formula is C14H19ClN2. The van der Waals surface area contributed by atoms with Gasteiger partial charge in [-0.05, 0) is 30.2 Å². The zero-order valence-corrected chi connectivity index (χ0v) is 11.0. The molecule has 1 saturated heterocycles.